The van der Waals surface area contributed by atoms with Gasteiger partial charge >= 0.3 is 0 Å². The molecule has 1 aromatic heterocycles. The van der Waals surface area contributed by atoms with Crippen LogP contribution in [0.25, 0.3) is 10.9 Å². The fraction of sp³-hybridized carbons (Fsp3) is 0.333. The molecule has 1 saturated heterocycles. The monoisotopic (exact) mass is 364 g/mol. The number of anilines is 3. The van der Waals surface area contributed by atoms with Crippen LogP contribution in [0.15, 0.2) is 48.5 Å². The van der Waals surface area contributed by atoms with Gasteiger partial charge in [0, 0.05) is 24.2 Å². The van der Waals surface area contributed by atoms with E-state index in [9.17, 15) is 0 Å². The molecule has 0 amide bonds. The van der Waals surface area contributed by atoms with Gasteiger partial charge in [-0.2, -0.15) is 4.98 Å². The van der Waals surface area contributed by atoms with Gasteiger partial charge in [0.1, 0.15) is 11.6 Å². The van der Waals surface area contributed by atoms with Gasteiger partial charge in [0.25, 0.3) is 0 Å². The molecule has 2 atom stereocenters. The predicted molar refractivity (Wildman–Crippen MR) is 108 cm³/mol. The van der Waals surface area contributed by atoms with E-state index >= 15 is 0 Å². The van der Waals surface area contributed by atoms with Crippen molar-refractivity contribution in [3.05, 3.63) is 48.5 Å². The Bertz CT molecular complexity index is 919. The van der Waals surface area contributed by atoms with E-state index in [1.54, 1.807) is 7.11 Å². The highest BCUT2D eigenvalue weighted by Gasteiger charge is 2.25. The molecule has 0 bridgehead atoms. The first-order valence-electron chi connectivity index (χ1n) is 9.20. The zero-order chi connectivity index (χ0) is 18.8. The van der Waals surface area contributed by atoms with Crippen LogP contribution in [-0.4, -0.2) is 42.4 Å². The second-order valence-corrected chi connectivity index (χ2v) is 6.91. The molecule has 2 heterocycles. The maximum atomic E-state index is 5.85. The van der Waals surface area contributed by atoms with E-state index in [-0.39, 0.29) is 12.2 Å². The first-order valence-corrected chi connectivity index (χ1v) is 9.20. The van der Waals surface area contributed by atoms with E-state index in [2.05, 4.69) is 24.1 Å². The fourth-order valence-electron chi connectivity index (χ4n) is 3.45. The summed E-state index contributed by atoms with van der Waals surface area (Å²) in [7, 11) is 1.66. The maximum absolute atomic E-state index is 5.85. The molecule has 2 aromatic carbocycles. The van der Waals surface area contributed by atoms with Crippen LogP contribution in [0, 0.1) is 0 Å². The lowest BCUT2D eigenvalue weighted by molar-refractivity contribution is -0.00569. The van der Waals surface area contributed by atoms with Gasteiger partial charge in [-0.1, -0.05) is 12.1 Å². The molecule has 1 aliphatic rings. The van der Waals surface area contributed by atoms with Gasteiger partial charge in [-0.05, 0) is 50.2 Å². The van der Waals surface area contributed by atoms with Crippen molar-refractivity contribution in [3.8, 4) is 5.75 Å². The zero-order valence-corrected chi connectivity index (χ0v) is 15.8. The number of rotatable bonds is 4. The summed E-state index contributed by atoms with van der Waals surface area (Å²) < 4.78 is 11.1. The second-order valence-electron chi connectivity index (χ2n) is 6.91. The Morgan fingerprint density at radius 1 is 1.00 bits per heavy atom. The Labute approximate surface area is 159 Å². The number of hydrogen-bond acceptors (Lipinski definition) is 6. The number of hydrogen-bond donors (Lipinski definition) is 1. The van der Waals surface area contributed by atoms with Crippen molar-refractivity contribution in [3.63, 3.8) is 0 Å². The lowest BCUT2D eigenvalue weighted by atomic mass is 10.2. The highest BCUT2D eigenvalue weighted by Crippen LogP contribution is 2.28. The third-order valence-corrected chi connectivity index (χ3v) is 4.65. The van der Waals surface area contributed by atoms with Gasteiger partial charge in [0.05, 0.1) is 24.8 Å². The van der Waals surface area contributed by atoms with E-state index in [0.29, 0.717) is 0 Å². The summed E-state index contributed by atoms with van der Waals surface area (Å²) in [5.74, 6) is 2.35. The smallest absolute Gasteiger partial charge is 0.228 e. The van der Waals surface area contributed by atoms with E-state index in [4.69, 9.17) is 19.4 Å². The van der Waals surface area contributed by atoms with Crippen molar-refractivity contribution >= 4 is 28.4 Å². The molecular formula is C21H24N4O2. The molecule has 1 N–H and O–H groups in total. The van der Waals surface area contributed by atoms with Crippen LogP contribution in [-0.2, 0) is 4.74 Å². The number of para-hydroxylation sites is 1. The quantitative estimate of drug-likeness (QED) is 0.755. The number of aromatic nitrogens is 2. The molecule has 0 radical (unpaired) electrons. The molecule has 0 saturated carbocycles. The average Bonchev–Trinajstić information content (AvgIpc) is 2.68. The van der Waals surface area contributed by atoms with E-state index < -0.39 is 0 Å². The normalized spacial score (nSPS) is 19.9. The largest absolute Gasteiger partial charge is 0.497 e. The van der Waals surface area contributed by atoms with E-state index in [1.807, 2.05) is 48.5 Å². The van der Waals surface area contributed by atoms with Crippen LogP contribution in [0.2, 0.25) is 0 Å². The summed E-state index contributed by atoms with van der Waals surface area (Å²) in [6.07, 6.45) is 0.309. The molecule has 1 fully saturated rings. The number of nitrogens with one attached hydrogen (secondary N) is 1. The number of fused-ring (bicyclic) bond motifs is 1. The summed E-state index contributed by atoms with van der Waals surface area (Å²) in [6.45, 7) is 5.73. The Balaban J connectivity index is 1.71. The van der Waals surface area contributed by atoms with E-state index in [0.717, 1.165) is 47.2 Å². The number of ether oxygens (including phenoxy) is 2. The molecule has 0 spiro atoms. The topological polar surface area (TPSA) is 59.5 Å². The van der Waals surface area contributed by atoms with Crippen molar-refractivity contribution in [1.82, 2.24) is 9.97 Å². The Morgan fingerprint density at radius 2 is 1.70 bits per heavy atom. The Kier molecular flexibility index (Phi) is 4.81. The van der Waals surface area contributed by atoms with Gasteiger partial charge in [0.2, 0.25) is 5.95 Å². The predicted octanol–water partition coefficient (Wildman–Crippen LogP) is 4.00. The summed E-state index contributed by atoms with van der Waals surface area (Å²) in [6, 6.07) is 15.9. The lowest BCUT2D eigenvalue weighted by Gasteiger charge is -2.35. The van der Waals surface area contributed by atoms with E-state index in [1.165, 1.54) is 0 Å². The summed E-state index contributed by atoms with van der Waals surface area (Å²) in [5, 5.41) is 4.43. The third kappa shape index (κ3) is 3.80. The van der Waals surface area contributed by atoms with Crippen molar-refractivity contribution in [1.29, 1.82) is 0 Å². The molecule has 140 valence electrons. The third-order valence-electron chi connectivity index (χ3n) is 4.65. The van der Waals surface area contributed by atoms with Crippen molar-refractivity contribution in [2.24, 2.45) is 0 Å². The minimum atomic E-state index is 0.154. The lowest BCUT2D eigenvalue weighted by Crippen LogP contribution is -2.46. The van der Waals surface area contributed by atoms with Crippen molar-refractivity contribution in [2.75, 3.05) is 30.4 Å². The summed E-state index contributed by atoms with van der Waals surface area (Å²) in [5.41, 5.74) is 1.87. The molecule has 3 aromatic rings. The molecular weight excluding hydrogens is 340 g/mol. The molecule has 4 rings (SSSR count). The minimum absolute atomic E-state index is 0.154. The van der Waals surface area contributed by atoms with Crippen LogP contribution in [0.4, 0.5) is 17.5 Å². The van der Waals surface area contributed by atoms with Gasteiger partial charge in [-0.25, -0.2) is 4.98 Å². The number of benzene rings is 2. The van der Waals surface area contributed by atoms with Crippen LogP contribution < -0.4 is 15.0 Å². The average molecular weight is 364 g/mol. The van der Waals surface area contributed by atoms with Gasteiger partial charge in [-0.15, -0.1) is 0 Å². The summed E-state index contributed by atoms with van der Waals surface area (Å²) in [4.78, 5) is 11.8. The van der Waals surface area contributed by atoms with Crippen molar-refractivity contribution in [2.45, 2.75) is 26.1 Å². The highest BCUT2D eigenvalue weighted by atomic mass is 16.5. The maximum Gasteiger partial charge on any atom is 0.228 e. The Hall–Kier alpha value is -2.86. The highest BCUT2D eigenvalue weighted by molar-refractivity contribution is 5.91. The van der Waals surface area contributed by atoms with Gasteiger partial charge < -0.3 is 19.7 Å². The molecule has 27 heavy (non-hydrogen) atoms. The van der Waals surface area contributed by atoms with Crippen LogP contribution in [0.5, 0.6) is 5.75 Å². The Morgan fingerprint density at radius 3 is 2.41 bits per heavy atom. The molecule has 1 aliphatic heterocycles. The zero-order valence-electron chi connectivity index (χ0n) is 15.8. The molecule has 6 heteroatoms. The van der Waals surface area contributed by atoms with Gasteiger partial charge in [0.15, 0.2) is 0 Å². The number of morpholine rings is 1. The number of nitrogens with zero attached hydrogens (tertiary/aromatic N) is 3. The second kappa shape index (κ2) is 7.40. The first-order chi connectivity index (χ1) is 13.1. The molecule has 2 unspecified atom stereocenters. The van der Waals surface area contributed by atoms with Crippen LogP contribution in [0.3, 0.4) is 0 Å². The van der Waals surface area contributed by atoms with Crippen molar-refractivity contribution < 1.29 is 9.47 Å². The van der Waals surface area contributed by atoms with Crippen LogP contribution >= 0.6 is 0 Å². The SMILES string of the molecule is COc1ccc(Nc2nc(N3CC(C)OC(C)C3)nc3ccccc23)cc1. The number of methoxy groups -OCH3 is 1. The first kappa shape index (κ1) is 17.5. The standard InChI is InChI=1S/C21H24N4O2/c1-14-12-25(13-15(2)27-14)21-23-19-7-5-4-6-18(19)20(24-21)22-16-8-10-17(26-3)11-9-16/h4-11,14-15H,12-13H2,1-3H3,(H,22,23,24). The van der Waals surface area contributed by atoms with Crippen LogP contribution in [0.1, 0.15) is 13.8 Å². The summed E-state index contributed by atoms with van der Waals surface area (Å²) >= 11 is 0. The minimum Gasteiger partial charge on any atom is -0.497 e. The molecule has 6 nitrogen and oxygen atoms in total. The fourth-order valence-corrected chi connectivity index (χ4v) is 3.45. The molecule has 0 aliphatic carbocycles. The van der Waals surface area contributed by atoms with Gasteiger partial charge in [-0.3, -0.25) is 0 Å².